The summed E-state index contributed by atoms with van der Waals surface area (Å²) < 4.78 is 4.62. The van der Waals surface area contributed by atoms with E-state index in [9.17, 15) is 9.59 Å². The fourth-order valence-electron chi connectivity index (χ4n) is 1.83. The fourth-order valence-corrected chi connectivity index (χ4v) is 2.62. The summed E-state index contributed by atoms with van der Waals surface area (Å²) in [4.78, 5) is 24.5. The number of thioether (sulfide) groups is 1. The minimum atomic E-state index is -0.411. The summed E-state index contributed by atoms with van der Waals surface area (Å²) in [5, 5.41) is 2.86. The van der Waals surface area contributed by atoms with Crippen molar-refractivity contribution in [1.29, 1.82) is 0 Å². The zero-order valence-corrected chi connectivity index (χ0v) is 13.1. The molecule has 0 saturated carbocycles. The van der Waals surface area contributed by atoms with E-state index in [4.69, 9.17) is 0 Å². The maximum Gasteiger partial charge on any atom is 0.337 e. The molecule has 2 rings (SSSR count). The van der Waals surface area contributed by atoms with Gasteiger partial charge < -0.3 is 10.1 Å². The Balaban J connectivity index is 1.78. The average Bonchev–Trinajstić information content (AvgIpc) is 2.59. The number of amides is 1. The van der Waals surface area contributed by atoms with Crippen LogP contribution in [-0.4, -0.2) is 31.3 Å². The predicted octanol–water partition coefficient (Wildman–Crippen LogP) is 3.00. The van der Waals surface area contributed by atoms with Crippen LogP contribution in [0.15, 0.2) is 59.5 Å². The summed E-state index contributed by atoms with van der Waals surface area (Å²) in [5.41, 5.74) is 0.955. The van der Waals surface area contributed by atoms with Crippen molar-refractivity contribution in [3.8, 4) is 0 Å². The van der Waals surface area contributed by atoms with Crippen LogP contribution in [0.5, 0.6) is 0 Å². The highest BCUT2D eigenvalue weighted by Crippen LogP contribution is 2.15. The molecule has 4 nitrogen and oxygen atoms in total. The van der Waals surface area contributed by atoms with Gasteiger partial charge in [0.1, 0.15) is 0 Å². The highest BCUT2D eigenvalue weighted by atomic mass is 32.2. The van der Waals surface area contributed by atoms with E-state index < -0.39 is 5.97 Å². The van der Waals surface area contributed by atoms with E-state index >= 15 is 0 Å². The minimum absolute atomic E-state index is 0.148. The number of ether oxygens (including phenoxy) is 1. The van der Waals surface area contributed by atoms with Gasteiger partial charge in [-0.3, -0.25) is 4.79 Å². The lowest BCUT2D eigenvalue weighted by Crippen LogP contribution is -2.25. The molecule has 0 aliphatic rings. The summed E-state index contributed by atoms with van der Waals surface area (Å²) in [6, 6.07) is 16.4. The van der Waals surface area contributed by atoms with Gasteiger partial charge in [-0.15, -0.1) is 11.8 Å². The Kier molecular flexibility index (Phi) is 6.03. The van der Waals surface area contributed by atoms with Gasteiger partial charge in [-0.05, 0) is 36.4 Å². The topological polar surface area (TPSA) is 55.4 Å². The molecule has 0 saturated heterocycles. The van der Waals surface area contributed by atoms with E-state index in [0.717, 1.165) is 5.75 Å². The standard InChI is InChI=1S/C17H17NO3S/c1-21-17(20)14-9-7-13(8-10-14)16(19)18-11-12-22-15-5-3-2-4-6-15/h2-10H,11-12H2,1H3,(H,18,19). The molecular weight excluding hydrogens is 298 g/mol. The molecule has 0 aromatic heterocycles. The Labute approximate surface area is 133 Å². The second-order valence-corrected chi connectivity index (χ2v) is 5.65. The summed E-state index contributed by atoms with van der Waals surface area (Å²) in [5.74, 6) is 0.243. The largest absolute Gasteiger partial charge is 0.465 e. The lowest BCUT2D eigenvalue weighted by atomic mass is 10.1. The Morgan fingerprint density at radius 3 is 2.27 bits per heavy atom. The third-order valence-electron chi connectivity index (χ3n) is 2.97. The molecule has 1 amide bonds. The number of hydrogen-bond donors (Lipinski definition) is 1. The van der Waals surface area contributed by atoms with Gasteiger partial charge in [-0.1, -0.05) is 18.2 Å². The smallest absolute Gasteiger partial charge is 0.337 e. The van der Waals surface area contributed by atoms with Crippen molar-refractivity contribution in [2.45, 2.75) is 4.90 Å². The summed E-state index contributed by atoms with van der Waals surface area (Å²) in [7, 11) is 1.33. The van der Waals surface area contributed by atoms with Gasteiger partial charge in [0, 0.05) is 22.8 Å². The molecule has 114 valence electrons. The third-order valence-corrected chi connectivity index (χ3v) is 3.98. The first-order valence-electron chi connectivity index (χ1n) is 6.85. The monoisotopic (exact) mass is 315 g/mol. The van der Waals surface area contributed by atoms with E-state index in [1.54, 1.807) is 36.0 Å². The molecule has 22 heavy (non-hydrogen) atoms. The summed E-state index contributed by atoms with van der Waals surface area (Å²) in [6.45, 7) is 0.581. The van der Waals surface area contributed by atoms with E-state index in [1.807, 2.05) is 30.3 Å². The SMILES string of the molecule is COC(=O)c1ccc(C(=O)NCCSc2ccccc2)cc1. The zero-order chi connectivity index (χ0) is 15.8. The highest BCUT2D eigenvalue weighted by Gasteiger charge is 2.08. The first-order chi connectivity index (χ1) is 10.7. The van der Waals surface area contributed by atoms with Crippen LogP contribution in [0.2, 0.25) is 0 Å². The first kappa shape index (κ1) is 16.1. The normalized spacial score (nSPS) is 10.0. The van der Waals surface area contributed by atoms with Gasteiger partial charge in [-0.2, -0.15) is 0 Å². The number of esters is 1. The highest BCUT2D eigenvalue weighted by molar-refractivity contribution is 7.99. The molecule has 0 atom stereocenters. The van der Waals surface area contributed by atoms with Crippen molar-refractivity contribution in [1.82, 2.24) is 5.32 Å². The van der Waals surface area contributed by atoms with Crippen LogP contribution in [0, 0.1) is 0 Å². The predicted molar refractivity (Wildman–Crippen MR) is 87.3 cm³/mol. The molecule has 2 aromatic rings. The summed E-state index contributed by atoms with van der Waals surface area (Å²) >= 11 is 1.69. The third kappa shape index (κ3) is 4.63. The Morgan fingerprint density at radius 2 is 1.64 bits per heavy atom. The van der Waals surface area contributed by atoms with Gasteiger partial charge in [-0.25, -0.2) is 4.79 Å². The van der Waals surface area contributed by atoms with Crippen molar-refractivity contribution in [2.24, 2.45) is 0 Å². The van der Waals surface area contributed by atoms with Crippen molar-refractivity contribution in [3.05, 3.63) is 65.7 Å². The molecule has 1 N–H and O–H groups in total. The Morgan fingerprint density at radius 1 is 1.00 bits per heavy atom. The maximum atomic E-state index is 12.0. The van der Waals surface area contributed by atoms with E-state index in [0.29, 0.717) is 17.7 Å². The van der Waals surface area contributed by atoms with Crippen LogP contribution in [0.4, 0.5) is 0 Å². The minimum Gasteiger partial charge on any atom is -0.465 e. The molecule has 0 radical (unpaired) electrons. The van der Waals surface area contributed by atoms with Gasteiger partial charge in [0.05, 0.1) is 12.7 Å². The Bertz CT molecular complexity index is 626. The lowest BCUT2D eigenvalue weighted by molar-refractivity contribution is 0.0600. The second-order valence-electron chi connectivity index (χ2n) is 4.49. The number of benzene rings is 2. The molecule has 0 aliphatic heterocycles. The quantitative estimate of drug-likeness (QED) is 0.506. The van der Waals surface area contributed by atoms with Gasteiger partial charge in [0.15, 0.2) is 0 Å². The van der Waals surface area contributed by atoms with E-state index in [2.05, 4.69) is 10.1 Å². The molecule has 0 aliphatic carbocycles. The van der Waals surface area contributed by atoms with Crippen LogP contribution in [0.3, 0.4) is 0 Å². The van der Waals surface area contributed by atoms with Gasteiger partial charge >= 0.3 is 5.97 Å². The molecular formula is C17H17NO3S. The fraction of sp³-hybridized carbons (Fsp3) is 0.176. The number of carbonyl (C=O) groups excluding carboxylic acids is 2. The summed E-state index contributed by atoms with van der Waals surface area (Å²) in [6.07, 6.45) is 0. The van der Waals surface area contributed by atoms with Gasteiger partial charge in [0.2, 0.25) is 0 Å². The number of hydrogen-bond acceptors (Lipinski definition) is 4. The van der Waals surface area contributed by atoms with Crippen molar-refractivity contribution in [2.75, 3.05) is 19.4 Å². The second kappa shape index (κ2) is 8.24. The van der Waals surface area contributed by atoms with Crippen LogP contribution in [-0.2, 0) is 4.74 Å². The average molecular weight is 315 g/mol. The van der Waals surface area contributed by atoms with Crippen LogP contribution < -0.4 is 5.32 Å². The number of methoxy groups -OCH3 is 1. The van der Waals surface area contributed by atoms with Crippen molar-refractivity contribution >= 4 is 23.6 Å². The van der Waals surface area contributed by atoms with Crippen LogP contribution in [0.1, 0.15) is 20.7 Å². The van der Waals surface area contributed by atoms with Crippen LogP contribution >= 0.6 is 11.8 Å². The molecule has 0 bridgehead atoms. The van der Waals surface area contributed by atoms with Gasteiger partial charge in [0.25, 0.3) is 5.91 Å². The molecule has 0 unspecified atom stereocenters. The van der Waals surface area contributed by atoms with Crippen LogP contribution in [0.25, 0.3) is 0 Å². The molecule has 5 heteroatoms. The molecule has 2 aromatic carbocycles. The first-order valence-corrected chi connectivity index (χ1v) is 7.83. The lowest BCUT2D eigenvalue weighted by Gasteiger charge is -2.06. The molecule has 0 heterocycles. The number of rotatable bonds is 6. The van der Waals surface area contributed by atoms with Crippen molar-refractivity contribution in [3.63, 3.8) is 0 Å². The Hall–Kier alpha value is -2.27. The maximum absolute atomic E-state index is 12.0. The molecule has 0 fully saturated rings. The van der Waals surface area contributed by atoms with Crippen molar-refractivity contribution < 1.29 is 14.3 Å². The zero-order valence-electron chi connectivity index (χ0n) is 12.2. The molecule has 0 spiro atoms. The number of nitrogens with one attached hydrogen (secondary N) is 1. The number of carbonyl (C=O) groups is 2. The van der Waals surface area contributed by atoms with E-state index in [-0.39, 0.29) is 5.91 Å². The van der Waals surface area contributed by atoms with E-state index in [1.165, 1.54) is 12.0 Å².